The molecule has 1 unspecified atom stereocenters. The van der Waals surface area contributed by atoms with E-state index in [0.29, 0.717) is 6.42 Å². The van der Waals surface area contributed by atoms with E-state index in [1.807, 2.05) is 0 Å². The predicted molar refractivity (Wildman–Crippen MR) is 23.3 cm³/mol. The van der Waals surface area contributed by atoms with Crippen LogP contribution in [0.4, 0.5) is 0 Å². The molecular formula is C4H7NO2. The molecule has 1 heterocycles. The number of ketones is 1. The summed E-state index contributed by atoms with van der Waals surface area (Å²) in [4.78, 5) is 14.7. The summed E-state index contributed by atoms with van der Waals surface area (Å²) in [7, 11) is 0. The predicted octanol–water partition coefficient (Wildman–Crippen LogP) is -0.174. The molecular weight excluding hydrogens is 94.0 g/mol. The van der Waals surface area contributed by atoms with Crippen molar-refractivity contribution in [2.45, 2.75) is 19.6 Å². The summed E-state index contributed by atoms with van der Waals surface area (Å²) in [5.74, 6) is 0.162. The summed E-state index contributed by atoms with van der Waals surface area (Å²) in [5, 5.41) is 0. The van der Waals surface area contributed by atoms with Crippen LogP contribution in [0.2, 0.25) is 0 Å². The summed E-state index contributed by atoms with van der Waals surface area (Å²) in [6, 6.07) is 0. The zero-order valence-electron chi connectivity index (χ0n) is 4.10. The summed E-state index contributed by atoms with van der Waals surface area (Å²) in [6.07, 6.45) is 0.525. The van der Waals surface area contributed by atoms with E-state index >= 15 is 0 Å². The van der Waals surface area contributed by atoms with E-state index < -0.39 is 0 Å². The minimum atomic E-state index is 0.0255. The van der Waals surface area contributed by atoms with Gasteiger partial charge >= 0.3 is 0 Å². The maximum atomic E-state index is 10.2. The molecule has 1 fully saturated rings. The Labute approximate surface area is 41.6 Å². The largest absolute Gasteiger partial charge is 0.300 e. The maximum absolute atomic E-state index is 10.2. The van der Waals surface area contributed by atoms with E-state index in [9.17, 15) is 4.79 Å². The molecule has 0 aromatic rings. The smallest absolute Gasteiger partial charge is 0.158 e. The van der Waals surface area contributed by atoms with Crippen molar-refractivity contribution in [1.29, 1.82) is 0 Å². The van der Waals surface area contributed by atoms with Gasteiger partial charge in [-0.25, -0.2) is 0 Å². The minimum Gasteiger partial charge on any atom is -0.300 e. The first-order chi connectivity index (χ1) is 3.29. The van der Waals surface area contributed by atoms with Gasteiger partial charge in [-0.3, -0.25) is 9.63 Å². The van der Waals surface area contributed by atoms with Gasteiger partial charge in [-0.2, -0.15) is 5.48 Å². The molecule has 0 aromatic heterocycles. The highest BCUT2D eigenvalue weighted by Gasteiger charge is 2.22. The third kappa shape index (κ3) is 1.66. The Hall–Kier alpha value is -0.410. The SMILES string of the molecule is CC(=O)CC1NO1. The van der Waals surface area contributed by atoms with E-state index in [2.05, 4.69) is 10.3 Å². The lowest BCUT2D eigenvalue weighted by Gasteiger charge is -1.79. The highest BCUT2D eigenvalue weighted by atomic mass is 16.8. The average Bonchev–Trinajstić information content (AvgIpc) is 2.17. The van der Waals surface area contributed by atoms with Gasteiger partial charge in [0, 0.05) is 6.42 Å². The fraction of sp³-hybridized carbons (Fsp3) is 0.750. The van der Waals surface area contributed by atoms with Gasteiger partial charge in [0.2, 0.25) is 0 Å². The molecule has 1 atom stereocenters. The molecule has 7 heavy (non-hydrogen) atoms. The topological polar surface area (TPSA) is 51.5 Å². The Morgan fingerprint density at radius 2 is 2.57 bits per heavy atom. The van der Waals surface area contributed by atoms with Crippen LogP contribution in [0.25, 0.3) is 0 Å². The van der Waals surface area contributed by atoms with Crippen LogP contribution in [-0.2, 0) is 9.63 Å². The molecule has 40 valence electrons. The molecule has 0 radical (unpaired) electrons. The first kappa shape index (κ1) is 4.74. The lowest BCUT2D eigenvalue weighted by Crippen LogP contribution is -1.97. The van der Waals surface area contributed by atoms with Crippen molar-refractivity contribution in [3.05, 3.63) is 0 Å². The second kappa shape index (κ2) is 1.60. The number of hydrogen-bond donors (Lipinski definition) is 1. The van der Waals surface area contributed by atoms with Gasteiger partial charge in [0.1, 0.15) is 5.78 Å². The fourth-order valence-corrected chi connectivity index (χ4v) is 0.393. The van der Waals surface area contributed by atoms with Crippen LogP contribution < -0.4 is 5.48 Å². The summed E-state index contributed by atoms with van der Waals surface area (Å²) in [6.45, 7) is 1.54. The second-order valence-corrected chi connectivity index (χ2v) is 1.63. The number of carbonyl (C=O) groups excluding carboxylic acids is 1. The average molecular weight is 101 g/mol. The standard InChI is InChI=1S/C4H7NO2/c1-3(6)2-4-5-7-4/h4-5H,2H2,1H3. The fourth-order valence-electron chi connectivity index (χ4n) is 0.393. The molecule has 0 saturated carbocycles. The third-order valence-electron chi connectivity index (χ3n) is 0.757. The Bertz CT molecular complexity index is 87.7. The molecule has 0 aliphatic carbocycles. The zero-order chi connectivity index (χ0) is 5.28. The Balaban J connectivity index is 2.08. The highest BCUT2D eigenvalue weighted by Crippen LogP contribution is 2.04. The van der Waals surface area contributed by atoms with Crippen LogP contribution in [-0.4, -0.2) is 12.0 Å². The number of carbonyl (C=O) groups is 1. The van der Waals surface area contributed by atoms with Crippen molar-refractivity contribution in [3.8, 4) is 0 Å². The van der Waals surface area contributed by atoms with Crippen LogP contribution in [0.3, 0.4) is 0 Å². The monoisotopic (exact) mass is 101 g/mol. The summed E-state index contributed by atoms with van der Waals surface area (Å²) < 4.78 is 0. The maximum Gasteiger partial charge on any atom is 0.158 e. The molecule has 0 aromatic carbocycles. The molecule has 1 rings (SSSR count). The van der Waals surface area contributed by atoms with Gasteiger partial charge < -0.3 is 0 Å². The lowest BCUT2D eigenvalue weighted by atomic mass is 10.3. The van der Waals surface area contributed by atoms with E-state index in [0.717, 1.165) is 0 Å². The number of rotatable bonds is 2. The second-order valence-electron chi connectivity index (χ2n) is 1.63. The van der Waals surface area contributed by atoms with Gasteiger partial charge in [-0.15, -0.1) is 0 Å². The van der Waals surface area contributed by atoms with Gasteiger partial charge in [0.15, 0.2) is 6.23 Å². The van der Waals surface area contributed by atoms with E-state index in [-0.39, 0.29) is 12.0 Å². The van der Waals surface area contributed by atoms with Crippen LogP contribution in [0.1, 0.15) is 13.3 Å². The molecule has 1 aliphatic heterocycles. The van der Waals surface area contributed by atoms with Gasteiger partial charge in [0.25, 0.3) is 0 Å². The van der Waals surface area contributed by atoms with E-state index in [1.54, 1.807) is 6.92 Å². The van der Waals surface area contributed by atoms with Crippen molar-refractivity contribution in [1.82, 2.24) is 5.48 Å². The van der Waals surface area contributed by atoms with Crippen molar-refractivity contribution >= 4 is 5.78 Å². The number of Topliss-reactive ketones (excluding diaryl/α,β-unsaturated/α-hetero) is 1. The quantitative estimate of drug-likeness (QED) is 0.491. The minimum absolute atomic E-state index is 0.0255. The highest BCUT2D eigenvalue weighted by molar-refractivity contribution is 5.76. The number of nitrogens with one attached hydrogen (secondary N) is 1. The zero-order valence-corrected chi connectivity index (χ0v) is 4.10. The molecule has 1 saturated heterocycles. The van der Waals surface area contributed by atoms with Crippen molar-refractivity contribution in [2.24, 2.45) is 0 Å². The van der Waals surface area contributed by atoms with Crippen LogP contribution in [0, 0.1) is 0 Å². The number of hydrogen-bond acceptors (Lipinski definition) is 3. The Morgan fingerprint density at radius 1 is 2.00 bits per heavy atom. The first-order valence-electron chi connectivity index (χ1n) is 2.19. The molecule has 0 amide bonds. The molecule has 0 bridgehead atoms. The van der Waals surface area contributed by atoms with Gasteiger partial charge in [-0.05, 0) is 6.92 Å². The summed E-state index contributed by atoms with van der Waals surface area (Å²) in [5.41, 5.74) is 2.54. The van der Waals surface area contributed by atoms with Crippen molar-refractivity contribution in [3.63, 3.8) is 0 Å². The molecule has 1 aliphatic rings. The van der Waals surface area contributed by atoms with Crippen LogP contribution >= 0.6 is 0 Å². The number of hydroxylamine groups is 1. The normalized spacial score (nSPS) is 27.3. The third-order valence-corrected chi connectivity index (χ3v) is 0.757. The molecule has 0 spiro atoms. The first-order valence-corrected chi connectivity index (χ1v) is 2.19. The van der Waals surface area contributed by atoms with Gasteiger partial charge in [-0.1, -0.05) is 0 Å². The van der Waals surface area contributed by atoms with Crippen molar-refractivity contribution < 1.29 is 9.63 Å². The molecule has 1 N–H and O–H groups in total. The van der Waals surface area contributed by atoms with Crippen LogP contribution in [0.5, 0.6) is 0 Å². The Morgan fingerprint density at radius 3 is 2.71 bits per heavy atom. The van der Waals surface area contributed by atoms with Crippen LogP contribution in [0.15, 0.2) is 0 Å². The molecule has 3 heteroatoms. The van der Waals surface area contributed by atoms with Gasteiger partial charge in [0.05, 0.1) is 0 Å². The summed E-state index contributed by atoms with van der Waals surface area (Å²) >= 11 is 0. The Kier molecular flexibility index (Phi) is 1.08. The van der Waals surface area contributed by atoms with Crippen molar-refractivity contribution in [2.75, 3.05) is 0 Å². The lowest BCUT2D eigenvalue weighted by molar-refractivity contribution is -0.117. The van der Waals surface area contributed by atoms with E-state index in [4.69, 9.17) is 0 Å². The molecule has 3 nitrogen and oxygen atoms in total. The van der Waals surface area contributed by atoms with E-state index in [1.165, 1.54) is 0 Å².